The van der Waals surface area contributed by atoms with Gasteiger partial charge < -0.3 is 14.2 Å². The minimum absolute atomic E-state index is 0.0708. The van der Waals surface area contributed by atoms with E-state index in [4.69, 9.17) is 14.2 Å². The molecule has 4 aliphatic rings. The van der Waals surface area contributed by atoms with Crippen LogP contribution < -0.4 is 0 Å². The van der Waals surface area contributed by atoms with Crippen molar-refractivity contribution in [1.82, 2.24) is 0 Å². The van der Waals surface area contributed by atoms with Crippen molar-refractivity contribution in [1.29, 1.82) is 0 Å². The van der Waals surface area contributed by atoms with Gasteiger partial charge in [-0.25, -0.2) is 0 Å². The normalized spacial score (nSPS) is 44.2. The van der Waals surface area contributed by atoms with Gasteiger partial charge in [0, 0.05) is 24.7 Å². The lowest BCUT2D eigenvalue weighted by atomic mass is 9.60. The van der Waals surface area contributed by atoms with E-state index in [9.17, 15) is 9.59 Å². The van der Waals surface area contributed by atoms with Gasteiger partial charge in [-0.05, 0) is 44.9 Å². The fraction of sp³-hybridized carbons (Fsp3) is 0.857. The average molecular weight is 461 g/mol. The number of Topliss-reactive ketones (excluding diaryl/α,β-unsaturated/α-hetero) is 1. The number of fused-ring (bicyclic) bond motifs is 2. The van der Waals surface area contributed by atoms with Crippen molar-refractivity contribution in [3.63, 3.8) is 0 Å². The monoisotopic (exact) mass is 460 g/mol. The number of ether oxygens (including phenoxy) is 3. The van der Waals surface area contributed by atoms with E-state index in [2.05, 4.69) is 40.7 Å². The highest BCUT2D eigenvalue weighted by molar-refractivity contribution is 5.85. The van der Waals surface area contributed by atoms with Crippen molar-refractivity contribution in [3.05, 3.63) is 11.6 Å². The Morgan fingerprint density at radius 3 is 2.73 bits per heavy atom. The highest BCUT2D eigenvalue weighted by Crippen LogP contribution is 2.55. The van der Waals surface area contributed by atoms with E-state index in [0.717, 1.165) is 25.7 Å². The topological polar surface area (TPSA) is 61.8 Å². The smallest absolute Gasteiger partial charge is 0.306 e. The standard InChI is InChI=1S/C28H44O5/c1-6-7-8-9-10-11-23(29)33-22-13-12-17(2)14-21-25-24-20(15-18(3)26(25)30)19(4)16-31-28(22,5)27(24)32-21/h12,18-22,24-25,27H,6-11,13-16H2,1-5H3/b17-12+/t18-,19+,20+,21+,22-,24+,25+,27+,28+/m0/s1. The molecule has 1 aliphatic carbocycles. The summed E-state index contributed by atoms with van der Waals surface area (Å²) >= 11 is 0. The molecule has 3 heterocycles. The highest BCUT2D eigenvalue weighted by atomic mass is 16.6. The summed E-state index contributed by atoms with van der Waals surface area (Å²) in [5.41, 5.74) is 0.458. The summed E-state index contributed by atoms with van der Waals surface area (Å²) < 4.78 is 19.5. The SMILES string of the molecule is CCCCCCCC(=O)O[C@H]1C/C=C(\C)C[C@H]2O[C@@H]3[C@@H]4[C@H](C[C@H](C)C(=O)[C@@H]42)[C@H](C)CO[C@]13C. The first-order valence-corrected chi connectivity index (χ1v) is 13.4. The third kappa shape index (κ3) is 4.82. The first kappa shape index (κ1) is 24.9. The molecule has 4 rings (SSSR count). The lowest BCUT2D eigenvalue weighted by Crippen LogP contribution is -2.56. The van der Waals surface area contributed by atoms with Crippen molar-refractivity contribution in [2.24, 2.45) is 29.6 Å². The van der Waals surface area contributed by atoms with Gasteiger partial charge in [-0.1, -0.05) is 58.1 Å². The molecule has 0 radical (unpaired) electrons. The van der Waals surface area contributed by atoms with E-state index in [1.807, 2.05) is 0 Å². The van der Waals surface area contributed by atoms with Gasteiger partial charge in [-0.15, -0.1) is 0 Å². The fourth-order valence-corrected chi connectivity index (χ4v) is 6.97. The van der Waals surface area contributed by atoms with Crippen LogP contribution in [-0.4, -0.2) is 42.3 Å². The Kier molecular flexibility index (Phi) is 7.69. The van der Waals surface area contributed by atoms with Gasteiger partial charge in [0.25, 0.3) is 0 Å². The number of esters is 1. The molecule has 0 spiro atoms. The molecular formula is C28H44O5. The zero-order valence-corrected chi connectivity index (χ0v) is 21.3. The molecule has 1 saturated carbocycles. The summed E-state index contributed by atoms with van der Waals surface area (Å²) in [6, 6.07) is 0. The van der Waals surface area contributed by atoms with Crippen LogP contribution in [0.3, 0.4) is 0 Å². The predicted molar refractivity (Wildman–Crippen MR) is 128 cm³/mol. The first-order valence-electron chi connectivity index (χ1n) is 13.4. The van der Waals surface area contributed by atoms with Crippen molar-refractivity contribution in [3.8, 4) is 0 Å². The lowest BCUT2D eigenvalue weighted by Gasteiger charge is -2.44. The molecule has 2 bridgehead atoms. The van der Waals surface area contributed by atoms with Crippen LogP contribution in [0.2, 0.25) is 0 Å². The Morgan fingerprint density at radius 1 is 1.21 bits per heavy atom. The lowest BCUT2D eigenvalue weighted by molar-refractivity contribution is -0.202. The van der Waals surface area contributed by atoms with Gasteiger partial charge in [0.1, 0.15) is 17.5 Å². The number of rotatable bonds is 7. The molecule has 9 atom stereocenters. The fourth-order valence-electron chi connectivity index (χ4n) is 6.97. The van der Waals surface area contributed by atoms with Crippen LogP contribution >= 0.6 is 0 Å². The summed E-state index contributed by atoms with van der Waals surface area (Å²) in [4.78, 5) is 26.3. The van der Waals surface area contributed by atoms with E-state index in [0.29, 0.717) is 37.1 Å². The van der Waals surface area contributed by atoms with E-state index < -0.39 is 11.7 Å². The van der Waals surface area contributed by atoms with Crippen LogP contribution in [0.25, 0.3) is 0 Å². The largest absolute Gasteiger partial charge is 0.459 e. The zero-order chi connectivity index (χ0) is 23.8. The molecule has 0 unspecified atom stereocenters. The third-order valence-electron chi connectivity index (χ3n) is 8.97. The Balaban J connectivity index is 1.60. The third-order valence-corrected chi connectivity index (χ3v) is 8.97. The Bertz CT molecular complexity index is 759. The summed E-state index contributed by atoms with van der Waals surface area (Å²) in [5, 5.41) is 0. The van der Waals surface area contributed by atoms with Gasteiger partial charge in [0.05, 0.1) is 24.7 Å². The number of hydrogen-bond donors (Lipinski definition) is 0. The summed E-state index contributed by atoms with van der Waals surface area (Å²) in [6.07, 6.45) is 9.73. The van der Waals surface area contributed by atoms with Gasteiger partial charge in [-0.3, -0.25) is 9.59 Å². The van der Waals surface area contributed by atoms with Crippen molar-refractivity contribution >= 4 is 11.8 Å². The number of unbranched alkanes of at least 4 members (excludes halogenated alkanes) is 4. The number of carbonyl (C=O) groups excluding carboxylic acids is 2. The van der Waals surface area contributed by atoms with Crippen LogP contribution in [0, 0.1) is 29.6 Å². The molecular weight excluding hydrogens is 416 g/mol. The second-order valence-electron chi connectivity index (χ2n) is 11.5. The quantitative estimate of drug-likeness (QED) is 0.279. The van der Waals surface area contributed by atoms with E-state index in [1.165, 1.54) is 24.8 Å². The Hall–Kier alpha value is -1.20. The number of ketones is 1. The van der Waals surface area contributed by atoms with Gasteiger partial charge in [0.15, 0.2) is 0 Å². The predicted octanol–water partition coefficient (Wildman–Crippen LogP) is 5.65. The highest BCUT2D eigenvalue weighted by Gasteiger charge is 2.64. The van der Waals surface area contributed by atoms with Crippen LogP contribution in [0.4, 0.5) is 0 Å². The Labute approximate surface area is 200 Å². The molecule has 0 aromatic carbocycles. The van der Waals surface area contributed by atoms with Crippen molar-refractivity contribution in [2.45, 2.75) is 116 Å². The van der Waals surface area contributed by atoms with E-state index >= 15 is 0 Å². The van der Waals surface area contributed by atoms with E-state index in [-0.39, 0.29) is 35.9 Å². The molecule has 0 amide bonds. The number of hydrogen-bond acceptors (Lipinski definition) is 5. The van der Waals surface area contributed by atoms with E-state index in [1.54, 1.807) is 0 Å². The second kappa shape index (κ2) is 10.2. The minimum atomic E-state index is -0.749. The molecule has 3 fully saturated rings. The second-order valence-corrected chi connectivity index (χ2v) is 11.5. The summed E-state index contributed by atoms with van der Waals surface area (Å²) in [5.74, 6) is 1.10. The van der Waals surface area contributed by atoms with Crippen LogP contribution in [-0.2, 0) is 23.8 Å². The molecule has 0 aromatic rings. The Morgan fingerprint density at radius 2 is 1.97 bits per heavy atom. The van der Waals surface area contributed by atoms with Gasteiger partial charge in [-0.2, -0.15) is 0 Å². The molecule has 5 nitrogen and oxygen atoms in total. The summed E-state index contributed by atoms with van der Waals surface area (Å²) in [6.45, 7) is 11.3. The van der Waals surface area contributed by atoms with Crippen LogP contribution in [0.1, 0.15) is 92.4 Å². The van der Waals surface area contributed by atoms with Crippen LogP contribution in [0.5, 0.6) is 0 Å². The maximum atomic E-state index is 13.4. The van der Waals surface area contributed by atoms with Crippen LogP contribution in [0.15, 0.2) is 11.6 Å². The molecule has 3 aliphatic heterocycles. The molecule has 5 heteroatoms. The minimum Gasteiger partial charge on any atom is -0.459 e. The zero-order valence-electron chi connectivity index (χ0n) is 21.3. The molecule has 33 heavy (non-hydrogen) atoms. The summed E-state index contributed by atoms with van der Waals surface area (Å²) in [7, 11) is 0. The van der Waals surface area contributed by atoms with Gasteiger partial charge >= 0.3 is 5.97 Å². The molecule has 0 aromatic heterocycles. The van der Waals surface area contributed by atoms with Crippen molar-refractivity contribution in [2.75, 3.05) is 6.61 Å². The van der Waals surface area contributed by atoms with Crippen molar-refractivity contribution < 1.29 is 23.8 Å². The number of carbonyl (C=O) groups is 2. The maximum absolute atomic E-state index is 13.4. The molecule has 186 valence electrons. The average Bonchev–Trinajstić information content (AvgIpc) is 3.13. The maximum Gasteiger partial charge on any atom is 0.306 e. The first-order chi connectivity index (χ1) is 15.8. The molecule has 2 saturated heterocycles. The molecule has 0 N–H and O–H groups in total. The van der Waals surface area contributed by atoms with Gasteiger partial charge in [0.2, 0.25) is 0 Å².